The Morgan fingerprint density at radius 3 is 2.15 bits per heavy atom. The Morgan fingerprint density at radius 2 is 1.52 bits per heavy atom. The van der Waals surface area contributed by atoms with Crippen molar-refractivity contribution in [3.63, 3.8) is 0 Å². The average Bonchev–Trinajstić information content (AvgIpc) is 3.96. The van der Waals surface area contributed by atoms with Crippen LogP contribution in [0, 0.1) is 6.92 Å². The smallest absolute Gasteiger partial charge is 0.350 e. The van der Waals surface area contributed by atoms with Crippen LogP contribution in [0.2, 0.25) is 10.0 Å². The van der Waals surface area contributed by atoms with E-state index in [4.69, 9.17) is 46.9 Å². The third-order valence-corrected chi connectivity index (χ3v) is 10.4. The number of benzene rings is 3. The molecule has 14 nitrogen and oxygen atoms in total. The van der Waals surface area contributed by atoms with E-state index in [9.17, 15) is 4.79 Å². The minimum absolute atomic E-state index is 0.194. The molecule has 3 aliphatic heterocycles. The van der Waals surface area contributed by atoms with Gasteiger partial charge < -0.3 is 33.5 Å². The van der Waals surface area contributed by atoms with Gasteiger partial charge in [0.25, 0.3) is 0 Å². The Labute approximate surface area is 322 Å². The summed E-state index contributed by atoms with van der Waals surface area (Å²) in [5.74, 6) is -0.456. The summed E-state index contributed by atoms with van der Waals surface area (Å²) in [4.78, 5) is 22.1. The van der Waals surface area contributed by atoms with E-state index >= 15 is 0 Å². The van der Waals surface area contributed by atoms with Gasteiger partial charge in [-0.25, -0.2) is 23.7 Å². The minimum Gasteiger partial charge on any atom is -0.491 e. The predicted molar refractivity (Wildman–Crippen MR) is 203 cm³/mol. The van der Waals surface area contributed by atoms with Gasteiger partial charge in [-0.2, -0.15) is 10.2 Å². The lowest BCUT2D eigenvalue weighted by Gasteiger charge is -2.37. The molecule has 3 aromatic carbocycles. The molecular weight excluding hydrogens is 735 g/mol. The van der Waals surface area contributed by atoms with Crippen LogP contribution in [0.15, 0.2) is 84.2 Å². The van der Waals surface area contributed by atoms with Gasteiger partial charge >= 0.3 is 5.69 Å². The number of aryl methyl sites for hydroxylation is 1. The topological polar surface area (TPSA) is 123 Å². The minimum atomic E-state index is -1.17. The van der Waals surface area contributed by atoms with Crippen molar-refractivity contribution in [2.24, 2.45) is 0 Å². The zero-order valence-corrected chi connectivity index (χ0v) is 31.8. The summed E-state index contributed by atoms with van der Waals surface area (Å²) in [6, 6.07) is 21.5. The molecule has 3 aliphatic rings. The molecule has 0 bridgehead atoms. The second kappa shape index (κ2) is 15.0. The van der Waals surface area contributed by atoms with E-state index in [2.05, 4.69) is 49.2 Å². The standard InChI is InChI=1S/C38H42Cl2N8O6/c1-26-43-47(19-32-21-51-37(2,3)53-32)36(49)48(26)30-7-5-28(6-8-30)44-14-16-45(17-15-44)29-9-11-31(12-10-29)50-20-33-22-52-38(54-33,23-46-25-41-24-42-46)34-13-4-27(39)18-35(34)40/h4-13,18,24-25,32-33H,14-17,19-23H2,1-3H3/t32?,33-,38-/m1/s1. The van der Waals surface area contributed by atoms with Crippen LogP contribution in [0.4, 0.5) is 11.4 Å². The lowest BCUT2D eigenvalue weighted by Crippen LogP contribution is -2.46. The van der Waals surface area contributed by atoms with Crippen LogP contribution in [0.3, 0.4) is 0 Å². The van der Waals surface area contributed by atoms with E-state index in [0.29, 0.717) is 47.8 Å². The molecule has 3 atom stereocenters. The second-order valence-electron chi connectivity index (χ2n) is 14.1. The number of ether oxygens (including phenoxy) is 5. The van der Waals surface area contributed by atoms with Gasteiger partial charge in [0.05, 0.1) is 30.5 Å². The van der Waals surface area contributed by atoms with Crippen LogP contribution in [0.1, 0.15) is 25.2 Å². The molecular formula is C38H42Cl2N8O6. The number of aromatic nitrogens is 6. The number of nitrogens with zero attached hydrogens (tertiary/aromatic N) is 8. The van der Waals surface area contributed by atoms with Crippen molar-refractivity contribution in [2.45, 2.75) is 57.6 Å². The average molecular weight is 778 g/mol. The number of halogens is 2. The number of hydrogen-bond donors (Lipinski definition) is 0. The molecule has 0 N–H and O–H groups in total. The molecule has 3 saturated heterocycles. The van der Waals surface area contributed by atoms with Gasteiger partial charge in [0.1, 0.15) is 49.6 Å². The molecule has 0 radical (unpaired) electrons. The van der Waals surface area contributed by atoms with E-state index in [-0.39, 0.29) is 24.4 Å². The molecule has 5 heterocycles. The first-order valence-corrected chi connectivity index (χ1v) is 18.7. The van der Waals surface area contributed by atoms with Crippen LogP contribution < -0.4 is 20.2 Å². The molecule has 54 heavy (non-hydrogen) atoms. The number of anilines is 2. The lowest BCUT2D eigenvalue weighted by atomic mass is 10.1. The molecule has 0 aliphatic carbocycles. The summed E-state index contributed by atoms with van der Waals surface area (Å²) < 4.78 is 35.2. The van der Waals surface area contributed by atoms with Gasteiger partial charge in [-0.1, -0.05) is 29.3 Å². The van der Waals surface area contributed by atoms with Crippen molar-refractivity contribution in [1.82, 2.24) is 29.1 Å². The number of piperazine rings is 1. The summed E-state index contributed by atoms with van der Waals surface area (Å²) in [6.07, 6.45) is 2.51. The summed E-state index contributed by atoms with van der Waals surface area (Å²) in [5.41, 5.74) is 3.49. The first-order chi connectivity index (χ1) is 26.0. The van der Waals surface area contributed by atoms with Gasteiger partial charge in [0, 0.05) is 48.1 Å². The third-order valence-electron chi connectivity index (χ3n) is 9.87. The Morgan fingerprint density at radius 1 is 0.852 bits per heavy atom. The van der Waals surface area contributed by atoms with Gasteiger partial charge in [0.15, 0.2) is 5.79 Å². The van der Waals surface area contributed by atoms with Crippen LogP contribution >= 0.6 is 23.2 Å². The Hall–Kier alpha value is -4.44. The maximum absolute atomic E-state index is 13.3. The number of hydrogen-bond acceptors (Lipinski definition) is 11. The van der Waals surface area contributed by atoms with Crippen LogP contribution in [-0.4, -0.2) is 93.1 Å². The van der Waals surface area contributed by atoms with Crippen LogP contribution in [0.5, 0.6) is 5.75 Å². The Balaban J connectivity index is 0.840. The highest BCUT2D eigenvalue weighted by Gasteiger charge is 2.45. The molecule has 16 heteroatoms. The van der Waals surface area contributed by atoms with E-state index in [1.807, 2.05) is 51.1 Å². The molecule has 5 aromatic rings. The van der Waals surface area contributed by atoms with Crippen molar-refractivity contribution in [3.05, 3.63) is 111 Å². The quantitative estimate of drug-likeness (QED) is 0.179. The first kappa shape index (κ1) is 36.5. The van der Waals surface area contributed by atoms with Gasteiger partial charge in [-0.05, 0) is 81.4 Å². The first-order valence-electron chi connectivity index (χ1n) is 18.0. The van der Waals surface area contributed by atoms with Crippen LogP contribution in [0.25, 0.3) is 5.69 Å². The largest absolute Gasteiger partial charge is 0.491 e. The second-order valence-corrected chi connectivity index (χ2v) is 15.0. The van der Waals surface area contributed by atoms with Gasteiger partial charge in [-0.15, -0.1) is 0 Å². The zero-order valence-electron chi connectivity index (χ0n) is 30.3. The van der Waals surface area contributed by atoms with Gasteiger partial charge in [-0.3, -0.25) is 0 Å². The van der Waals surface area contributed by atoms with E-state index in [0.717, 1.165) is 49.0 Å². The molecule has 0 saturated carbocycles. The van der Waals surface area contributed by atoms with Crippen molar-refractivity contribution >= 4 is 34.6 Å². The molecule has 284 valence electrons. The van der Waals surface area contributed by atoms with Crippen molar-refractivity contribution < 1.29 is 23.7 Å². The fourth-order valence-electron chi connectivity index (χ4n) is 7.24. The highest BCUT2D eigenvalue weighted by atomic mass is 35.5. The van der Waals surface area contributed by atoms with Crippen LogP contribution in [-0.2, 0) is 37.8 Å². The van der Waals surface area contributed by atoms with E-state index in [1.165, 1.54) is 11.0 Å². The van der Waals surface area contributed by atoms with E-state index < -0.39 is 11.6 Å². The molecule has 0 spiro atoms. The van der Waals surface area contributed by atoms with E-state index in [1.54, 1.807) is 27.7 Å². The maximum atomic E-state index is 13.3. The number of rotatable bonds is 11. The fraction of sp³-hybridized carbons (Fsp3) is 0.421. The summed E-state index contributed by atoms with van der Waals surface area (Å²) in [5, 5.41) is 9.70. The predicted octanol–water partition coefficient (Wildman–Crippen LogP) is 5.07. The molecule has 0 amide bonds. The molecule has 3 fully saturated rings. The third kappa shape index (κ3) is 7.72. The fourth-order valence-corrected chi connectivity index (χ4v) is 7.79. The van der Waals surface area contributed by atoms with Crippen molar-refractivity contribution in [3.8, 4) is 11.4 Å². The molecule has 8 rings (SSSR count). The summed E-state index contributed by atoms with van der Waals surface area (Å²) in [6.45, 7) is 10.7. The Kier molecular flexibility index (Phi) is 10.2. The Bertz CT molecular complexity index is 2120. The van der Waals surface area contributed by atoms with Gasteiger partial charge in [0.2, 0.25) is 5.79 Å². The highest BCUT2D eigenvalue weighted by molar-refractivity contribution is 6.35. The monoisotopic (exact) mass is 776 g/mol. The normalized spacial score (nSPS) is 22.6. The summed E-state index contributed by atoms with van der Waals surface area (Å²) in [7, 11) is 0. The highest BCUT2D eigenvalue weighted by Crippen LogP contribution is 2.40. The molecule has 1 unspecified atom stereocenters. The maximum Gasteiger partial charge on any atom is 0.350 e. The molecule has 2 aromatic heterocycles. The lowest BCUT2D eigenvalue weighted by molar-refractivity contribution is -0.190. The summed E-state index contributed by atoms with van der Waals surface area (Å²) >= 11 is 12.8. The van der Waals surface area contributed by atoms with Crippen molar-refractivity contribution in [2.75, 3.05) is 55.8 Å². The van der Waals surface area contributed by atoms with Crippen molar-refractivity contribution in [1.29, 1.82) is 0 Å². The zero-order chi connectivity index (χ0) is 37.5. The SMILES string of the molecule is Cc1nn(CC2COC(C)(C)O2)c(=O)n1-c1ccc(N2CCN(c3ccc(OC[C@@H]4CO[C@@](Cn5cncn5)(c5ccc(Cl)cc5Cl)O4)cc3)CC2)cc1.